The van der Waals surface area contributed by atoms with E-state index >= 15 is 0 Å². The molecule has 0 heterocycles. The maximum absolute atomic E-state index is 12.5. The first-order valence-electron chi connectivity index (χ1n) is 8.06. The smallest absolute Gasteiger partial charge is 0.416 e. The highest BCUT2D eigenvalue weighted by Gasteiger charge is 2.29. The second-order valence-electron chi connectivity index (χ2n) is 5.70. The summed E-state index contributed by atoms with van der Waals surface area (Å²) in [7, 11) is 0. The molecule has 0 saturated heterocycles. The van der Waals surface area contributed by atoms with Gasteiger partial charge in [-0.2, -0.15) is 13.2 Å². The summed E-state index contributed by atoms with van der Waals surface area (Å²) in [5, 5.41) is 2.35. The molecule has 1 amide bonds. The zero-order valence-corrected chi connectivity index (χ0v) is 14.5. The number of benzene rings is 2. The van der Waals surface area contributed by atoms with E-state index in [0.717, 1.165) is 29.8 Å². The summed E-state index contributed by atoms with van der Waals surface area (Å²) < 4.78 is 47.6. The van der Waals surface area contributed by atoms with Crippen LogP contribution in [0.2, 0.25) is 0 Å². The third-order valence-electron chi connectivity index (χ3n) is 3.46. The Hall–Kier alpha value is -3.03. The van der Waals surface area contributed by atoms with Crippen LogP contribution in [-0.4, -0.2) is 25.1 Å². The average Bonchev–Trinajstić information content (AvgIpc) is 2.61. The zero-order chi connectivity index (χ0) is 19.9. The van der Waals surface area contributed by atoms with Crippen molar-refractivity contribution < 1.29 is 32.2 Å². The molecular formula is C19H18F3NO4. The maximum atomic E-state index is 12.5. The third kappa shape index (κ3) is 7.01. The third-order valence-corrected chi connectivity index (χ3v) is 3.46. The molecule has 0 fully saturated rings. The van der Waals surface area contributed by atoms with E-state index < -0.39 is 30.2 Å². The van der Waals surface area contributed by atoms with Gasteiger partial charge in [0.25, 0.3) is 5.91 Å². The number of rotatable bonds is 7. The number of anilines is 1. The van der Waals surface area contributed by atoms with E-state index in [9.17, 15) is 22.8 Å². The Kier molecular flexibility index (Phi) is 6.81. The van der Waals surface area contributed by atoms with Crippen LogP contribution in [0.4, 0.5) is 18.9 Å². The predicted molar refractivity (Wildman–Crippen MR) is 92.3 cm³/mol. The molecule has 2 aromatic rings. The van der Waals surface area contributed by atoms with Crippen LogP contribution in [-0.2, 0) is 20.5 Å². The Morgan fingerprint density at radius 3 is 2.22 bits per heavy atom. The summed E-state index contributed by atoms with van der Waals surface area (Å²) in [6.07, 6.45) is -4.49. The van der Waals surface area contributed by atoms with Crippen molar-refractivity contribution >= 4 is 17.6 Å². The number of alkyl halides is 3. The lowest BCUT2D eigenvalue weighted by Crippen LogP contribution is -2.21. The van der Waals surface area contributed by atoms with E-state index in [-0.39, 0.29) is 18.7 Å². The molecule has 0 saturated carbocycles. The van der Waals surface area contributed by atoms with Crippen LogP contribution in [0.5, 0.6) is 5.75 Å². The molecule has 0 radical (unpaired) electrons. The lowest BCUT2D eigenvalue weighted by Gasteiger charge is -2.09. The van der Waals surface area contributed by atoms with Gasteiger partial charge in [0.05, 0.1) is 18.6 Å². The number of carbonyl (C=O) groups excluding carboxylic acids is 2. The number of nitrogens with one attached hydrogen (secondary N) is 1. The Balaban J connectivity index is 1.68. The predicted octanol–water partition coefficient (Wildman–Crippen LogP) is 3.96. The van der Waals surface area contributed by atoms with Gasteiger partial charge in [-0.1, -0.05) is 17.7 Å². The van der Waals surface area contributed by atoms with Crippen LogP contribution in [0.25, 0.3) is 0 Å². The van der Waals surface area contributed by atoms with Gasteiger partial charge in [-0.3, -0.25) is 9.59 Å². The summed E-state index contributed by atoms with van der Waals surface area (Å²) >= 11 is 0. The van der Waals surface area contributed by atoms with Gasteiger partial charge in [0, 0.05) is 5.69 Å². The average molecular weight is 381 g/mol. The van der Waals surface area contributed by atoms with Crippen molar-refractivity contribution in [1.82, 2.24) is 0 Å². The molecule has 0 unspecified atom stereocenters. The molecule has 5 nitrogen and oxygen atoms in total. The number of esters is 1. The van der Waals surface area contributed by atoms with Crippen LogP contribution < -0.4 is 10.1 Å². The van der Waals surface area contributed by atoms with Crippen molar-refractivity contribution in [3.63, 3.8) is 0 Å². The number of amides is 1. The highest BCUT2D eigenvalue weighted by Crippen LogP contribution is 2.29. The molecule has 0 aliphatic heterocycles. The van der Waals surface area contributed by atoms with Crippen LogP contribution in [0.15, 0.2) is 48.5 Å². The van der Waals surface area contributed by atoms with Gasteiger partial charge in [0.2, 0.25) is 0 Å². The molecule has 1 N–H and O–H groups in total. The highest BCUT2D eigenvalue weighted by molar-refractivity contribution is 5.92. The normalized spacial score (nSPS) is 11.0. The molecule has 8 heteroatoms. The van der Waals surface area contributed by atoms with Crippen molar-refractivity contribution in [3.05, 3.63) is 59.7 Å². The largest absolute Gasteiger partial charge is 0.493 e. The topological polar surface area (TPSA) is 64.6 Å². The first-order valence-corrected chi connectivity index (χ1v) is 8.06. The zero-order valence-electron chi connectivity index (χ0n) is 14.5. The van der Waals surface area contributed by atoms with Crippen LogP contribution in [0, 0.1) is 6.92 Å². The number of aryl methyl sites for hydroxylation is 1. The molecule has 0 spiro atoms. The number of ether oxygens (including phenoxy) is 2. The van der Waals surface area contributed by atoms with Crippen molar-refractivity contribution in [1.29, 1.82) is 0 Å². The number of halogens is 3. The molecule has 0 atom stereocenters. The van der Waals surface area contributed by atoms with Gasteiger partial charge in [-0.25, -0.2) is 0 Å². The van der Waals surface area contributed by atoms with Gasteiger partial charge in [-0.15, -0.1) is 0 Å². The fraction of sp³-hybridized carbons (Fsp3) is 0.263. The maximum Gasteiger partial charge on any atom is 0.416 e. The monoisotopic (exact) mass is 381 g/mol. The Morgan fingerprint density at radius 1 is 1.00 bits per heavy atom. The molecule has 2 rings (SSSR count). The molecule has 0 bridgehead atoms. The summed E-state index contributed by atoms with van der Waals surface area (Å²) in [6, 6.07) is 11.2. The highest BCUT2D eigenvalue weighted by atomic mass is 19.4. The second kappa shape index (κ2) is 9.07. The number of hydrogen-bond donors (Lipinski definition) is 1. The second-order valence-corrected chi connectivity index (χ2v) is 5.70. The summed E-state index contributed by atoms with van der Waals surface area (Å²) in [5.74, 6) is -0.652. The molecule has 0 aromatic heterocycles. The lowest BCUT2D eigenvalue weighted by atomic mass is 10.2. The van der Waals surface area contributed by atoms with E-state index in [0.29, 0.717) is 5.75 Å². The SMILES string of the molecule is Cc1ccc(OCCC(=O)OCC(=O)Nc2ccc(C(F)(F)F)cc2)cc1. The standard InChI is InChI=1S/C19H18F3NO4/c1-13-2-8-16(9-3-13)26-11-10-18(25)27-12-17(24)23-15-6-4-14(5-7-15)19(20,21)22/h2-9H,10-12H2,1H3,(H,23,24). The molecule has 144 valence electrons. The van der Waals surface area contributed by atoms with E-state index in [4.69, 9.17) is 9.47 Å². The Bertz CT molecular complexity index is 771. The van der Waals surface area contributed by atoms with Crippen LogP contribution in [0.1, 0.15) is 17.5 Å². The van der Waals surface area contributed by atoms with Crippen LogP contribution >= 0.6 is 0 Å². The summed E-state index contributed by atoms with van der Waals surface area (Å²) in [4.78, 5) is 23.3. The molecular weight excluding hydrogens is 363 g/mol. The quantitative estimate of drug-likeness (QED) is 0.738. The first kappa shape index (κ1) is 20.3. The van der Waals surface area contributed by atoms with Gasteiger partial charge in [-0.05, 0) is 43.3 Å². The van der Waals surface area contributed by atoms with E-state index in [2.05, 4.69) is 5.32 Å². The fourth-order valence-corrected chi connectivity index (χ4v) is 2.04. The van der Waals surface area contributed by atoms with Gasteiger partial charge >= 0.3 is 12.1 Å². The van der Waals surface area contributed by atoms with Crippen molar-refractivity contribution in [2.45, 2.75) is 19.5 Å². The van der Waals surface area contributed by atoms with E-state index in [1.165, 1.54) is 0 Å². The van der Waals surface area contributed by atoms with Gasteiger partial charge in [0.15, 0.2) is 6.61 Å². The van der Waals surface area contributed by atoms with E-state index in [1.54, 1.807) is 12.1 Å². The summed E-state index contributed by atoms with van der Waals surface area (Å²) in [6.45, 7) is 1.50. The fourth-order valence-electron chi connectivity index (χ4n) is 2.04. The molecule has 27 heavy (non-hydrogen) atoms. The Morgan fingerprint density at radius 2 is 1.63 bits per heavy atom. The molecule has 2 aromatic carbocycles. The minimum atomic E-state index is -4.45. The first-order chi connectivity index (χ1) is 12.7. The lowest BCUT2D eigenvalue weighted by molar-refractivity contribution is -0.147. The van der Waals surface area contributed by atoms with E-state index in [1.807, 2.05) is 19.1 Å². The minimum Gasteiger partial charge on any atom is -0.493 e. The Labute approximate surface area is 154 Å². The van der Waals surface area contributed by atoms with Crippen molar-refractivity contribution in [2.24, 2.45) is 0 Å². The van der Waals surface area contributed by atoms with Crippen molar-refractivity contribution in [2.75, 3.05) is 18.5 Å². The minimum absolute atomic E-state index is 0.0402. The van der Waals surface area contributed by atoms with Crippen LogP contribution in [0.3, 0.4) is 0 Å². The molecule has 0 aliphatic rings. The van der Waals surface area contributed by atoms with Gasteiger partial charge in [0.1, 0.15) is 5.75 Å². The molecule has 0 aliphatic carbocycles. The van der Waals surface area contributed by atoms with Crippen molar-refractivity contribution in [3.8, 4) is 5.75 Å². The van der Waals surface area contributed by atoms with Gasteiger partial charge < -0.3 is 14.8 Å². The summed E-state index contributed by atoms with van der Waals surface area (Å²) in [5.41, 5.74) is 0.438. The number of carbonyl (C=O) groups is 2. The number of hydrogen-bond acceptors (Lipinski definition) is 4.